The zero-order chi connectivity index (χ0) is 21.8. The first-order chi connectivity index (χ1) is 14.1. The highest BCUT2D eigenvalue weighted by molar-refractivity contribution is 7.89. The third-order valence-electron chi connectivity index (χ3n) is 5.12. The van der Waals surface area contributed by atoms with Gasteiger partial charge in [-0.15, -0.1) is 10.2 Å². The normalized spacial score (nSPS) is 20.3. The van der Waals surface area contributed by atoms with Crippen molar-refractivity contribution in [1.82, 2.24) is 19.5 Å². The van der Waals surface area contributed by atoms with E-state index < -0.39 is 22.6 Å². The van der Waals surface area contributed by atoms with E-state index >= 15 is 0 Å². The molecule has 1 heterocycles. The predicted octanol–water partition coefficient (Wildman–Crippen LogP) is 3.77. The maximum atomic E-state index is 12.7. The van der Waals surface area contributed by atoms with Crippen LogP contribution < -0.4 is 9.46 Å². The lowest BCUT2D eigenvalue weighted by Crippen LogP contribution is -2.38. The Balaban J connectivity index is 1.55. The fourth-order valence-electron chi connectivity index (χ4n) is 3.65. The van der Waals surface area contributed by atoms with Gasteiger partial charge >= 0.3 is 6.18 Å². The number of aromatic nitrogens is 3. The quantitative estimate of drug-likeness (QED) is 0.624. The number of alkyl halides is 3. The molecule has 7 nitrogen and oxygen atoms in total. The van der Waals surface area contributed by atoms with E-state index in [1.807, 2.05) is 11.5 Å². The van der Waals surface area contributed by atoms with E-state index in [1.54, 1.807) is 6.33 Å². The molecule has 0 bridgehead atoms. The average molecular weight is 446 g/mol. The molecule has 1 saturated carbocycles. The van der Waals surface area contributed by atoms with Gasteiger partial charge in [-0.1, -0.05) is 0 Å². The Labute approximate surface area is 173 Å². The summed E-state index contributed by atoms with van der Waals surface area (Å²) in [5.41, 5.74) is 0. The molecular formula is C19H25F3N4O3S. The zero-order valence-electron chi connectivity index (χ0n) is 16.6. The van der Waals surface area contributed by atoms with Crippen molar-refractivity contribution in [2.24, 2.45) is 0 Å². The second kappa shape index (κ2) is 9.34. The lowest BCUT2D eigenvalue weighted by Gasteiger charge is -2.30. The first-order valence-electron chi connectivity index (χ1n) is 9.82. The van der Waals surface area contributed by atoms with Gasteiger partial charge in [0.05, 0.1) is 11.5 Å². The van der Waals surface area contributed by atoms with E-state index in [1.165, 1.54) is 24.3 Å². The van der Waals surface area contributed by atoms with Gasteiger partial charge in [-0.2, -0.15) is 13.2 Å². The van der Waals surface area contributed by atoms with Gasteiger partial charge in [0.25, 0.3) is 0 Å². The molecule has 2 unspecified atom stereocenters. The Morgan fingerprint density at radius 3 is 2.60 bits per heavy atom. The average Bonchev–Trinajstić information content (AvgIpc) is 3.11. The van der Waals surface area contributed by atoms with Crippen molar-refractivity contribution in [2.75, 3.05) is 6.61 Å². The van der Waals surface area contributed by atoms with Crippen LogP contribution in [0.4, 0.5) is 13.2 Å². The van der Waals surface area contributed by atoms with Gasteiger partial charge in [-0.05, 0) is 63.3 Å². The van der Waals surface area contributed by atoms with Crippen molar-refractivity contribution < 1.29 is 26.3 Å². The van der Waals surface area contributed by atoms with Crippen LogP contribution in [0.5, 0.6) is 5.75 Å². The second-order valence-electron chi connectivity index (χ2n) is 7.46. The van der Waals surface area contributed by atoms with E-state index in [2.05, 4.69) is 14.9 Å². The van der Waals surface area contributed by atoms with E-state index in [-0.39, 0.29) is 30.0 Å². The monoisotopic (exact) mass is 446 g/mol. The van der Waals surface area contributed by atoms with Crippen molar-refractivity contribution in [2.45, 2.75) is 68.6 Å². The van der Waals surface area contributed by atoms with Crippen LogP contribution >= 0.6 is 0 Å². The summed E-state index contributed by atoms with van der Waals surface area (Å²) >= 11 is 0. The molecule has 1 aliphatic carbocycles. The summed E-state index contributed by atoms with van der Waals surface area (Å²) < 4.78 is 71.9. The van der Waals surface area contributed by atoms with Gasteiger partial charge in [0.2, 0.25) is 10.0 Å². The number of hydrogen-bond acceptors (Lipinski definition) is 5. The van der Waals surface area contributed by atoms with Gasteiger partial charge in [0.15, 0.2) is 0 Å². The zero-order valence-corrected chi connectivity index (χ0v) is 17.4. The van der Waals surface area contributed by atoms with Crippen LogP contribution in [-0.4, -0.2) is 42.0 Å². The van der Waals surface area contributed by atoms with Crippen LogP contribution in [0.2, 0.25) is 0 Å². The van der Waals surface area contributed by atoms with Crippen molar-refractivity contribution in [3.05, 3.63) is 36.4 Å². The molecule has 1 aliphatic rings. The molecule has 1 N–H and O–H groups in total. The van der Waals surface area contributed by atoms with Crippen LogP contribution in [0.25, 0.3) is 0 Å². The van der Waals surface area contributed by atoms with Gasteiger partial charge < -0.3 is 9.30 Å². The van der Waals surface area contributed by atoms with Crippen LogP contribution in [0.1, 0.15) is 50.4 Å². The van der Waals surface area contributed by atoms with Gasteiger partial charge in [-0.25, -0.2) is 13.1 Å². The number of nitrogens with zero attached hydrogens (tertiary/aromatic N) is 3. The Kier molecular flexibility index (Phi) is 7.02. The smallest absolute Gasteiger partial charge is 0.389 e. The van der Waals surface area contributed by atoms with Crippen LogP contribution in [0.3, 0.4) is 0 Å². The van der Waals surface area contributed by atoms with Crippen molar-refractivity contribution >= 4 is 10.0 Å². The van der Waals surface area contributed by atoms with E-state index in [4.69, 9.17) is 4.74 Å². The summed E-state index contributed by atoms with van der Waals surface area (Å²) in [6, 6.07) is 5.64. The Hall–Kier alpha value is -2.14. The molecule has 2 atom stereocenters. The summed E-state index contributed by atoms with van der Waals surface area (Å²) in [5.74, 6) is 1.13. The molecule has 0 aliphatic heterocycles. The molecule has 166 valence electrons. The van der Waals surface area contributed by atoms with Gasteiger partial charge in [0.1, 0.15) is 17.9 Å². The topological polar surface area (TPSA) is 86.1 Å². The first-order valence-corrected chi connectivity index (χ1v) is 11.3. The highest BCUT2D eigenvalue weighted by Gasteiger charge is 2.28. The van der Waals surface area contributed by atoms with Crippen molar-refractivity contribution in [3.8, 4) is 5.75 Å². The maximum absolute atomic E-state index is 12.7. The third-order valence-corrected chi connectivity index (χ3v) is 6.66. The molecular weight excluding hydrogens is 421 g/mol. The minimum atomic E-state index is -4.21. The maximum Gasteiger partial charge on any atom is 0.389 e. The number of ether oxygens (including phenoxy) is 1. The molecule has 0 amide bonds. The predicted molar refractivity (Wildman–Crippen MR) is 104 cm³/mol. The number of halogens is 3. The second-order valence-corrected chi connectivity index (χ2v) is 9.18. The van der Waals surface area contributed by atoms with Crippen molar-refractivity contribution in [3.63, 3.8) is 0 Å². The fourth-order valence-corrected chi connectivity index (χ4v) is 4.93. The lowest BCUT2D eigenvalue weighted by atomic mass is 9.91. The number of aryl methyl sites for hydroxylation is 1. The van der Waals surface area contributed by atoms with Crippen molar-refractivity contribution in [1.29, 1.82) is 0 Å². The molecule has 11 heteroatoms. The van der Waals surface area contributed by atoms with Crippen LogP contribution in [0, 0.1) is 6.92 Å². The highest BCUT2D eigenvalue weighted by atomic mass is 32.2. The van der Waals surface area contributed by atoms with Gasteiger partial charge in [0, 0.05) is 18.5 Å². The molecule has 0 spiro atoms. The lowest BCUT2D eigenvalue weighted by molar-refractivity contribution is -0.136. The number of nitrogens with one attached hydrogen (secondary N) is 1. The Bertz CT molecular complexity index is 929. The standard InChI is InChI=1S/C19H25F3N4O3S/c1-14-24-23-13-26(14)16-5-2-4-15(12-16)25-30(27,28)18-8-6-17(7-9-18)29-11-3-10-19(20,21)22/h6-9,13,15-16,25H,2-5,10-12H2,1H3. The highest BCUT2D eigenvalue weighted by Crippen LogP contribution is 2.30. The minimum Gasteiger partial charge on any atom is -0.494 e. The number of hydrogen-bond donors (Lipinski definition) is 1. The minimum absolute atomic E-state index is 0.0875. The number of rotatable bonds is 8. The SMILES string of the molecule is Cc1nncn1C1CCCC(NS(=O)(=O)c2ccc(OCCCC(F)(F)F)cc2)C1. The van der Waals surface area contributed by atoms with E-state index in [9.17, 15) is 21.6 Å². The van der Waals surface area contributed by atoms with Crippen LogP contribution in [0.15, 0.2) is 35.5 Å². The van der Waals surface area contributed by atoms with E-state index in [0.717, 1.165) is 25.1 Å². The molecule has 0 radical (unpaired) electrons. The fraction of sp³-hybridized carbons (Fsp3) is 0.579. The largest absolute Gasteiger partial charge is 0.494 e. The van der Waals surface area contributed by atoms with Crippen LogP contribution in [-0.2, 0) is 10.0 Å². The first kappa shape index (κ1) is 22.5. The summed E-state index contributed by atoms with van der Waals surface area (Å²) in [5, 5.41) is 7.89. The Morgan fingerprint density at radius 1 is 1.23 bits per heavy atom. The molecule has 0 saturated heterocycles. The van der Waals surface area contributed by atoms with E-state index in [0.29, 0.717) is 12.2 Å². The number of sulfonamides is 1. The summed E-state index contributed by atoms with van der Waals surface area (Å²) in [6.45, 7) is 1.78. The number of benzene rings is 1. The summed E-state index contributed by atoms with van der Waals surface area (Å²) in [4.78, 5) is 0.0905. The summed E-state index contributed by atoms with van der Waals surface area (Å²) in [6.07, 6.45) is -0.379. The summed E-state index contributed by atoms with van der Waals surface area (Å²) in [7, 11) is -3.72. The molecule has 1 aromatic heterocycles. The van der Waals surface area contributed by atoms with Gasteiger partial charge in [-0.3, -0.25) is 0 Å². The Morgan fingerprint density at radius 2 is 1.97 bits per heavy atom. The third kappa shape index (κ3) is 6.18. The molecule has 3 rings (SSSR count). The molecule has 1 fully saturated rings. The molecule has 2 aromatic rings. The molecule has 1 aromatic carbocycles. The molecule has 30 heavy (non-hydrogen) atoms.